The quantitative estimate of drug-likeness (QED) is 0.309. The van der Waals surface area contributed by atoms with Crippen LogP contribution < -0.4 is 10.2 Å². The molecule has 0 saturated carbocycles. The van der Waals surface area contributed by atoms with Gasteiger partial charge in [-0.15, -0.1) is 0 Å². The fraction of sp³-hybridized carbons (Fsp3) is 0.241. The summed E-state index contributed by atoms with van der Waals surface area (Å²) in [5, 5.41) is 0.475. The van der Waals surface area contributed by atoms with Crippen molar-refractivity contribution in [1.82, 2.24) is 4.90 Å². The lowest BCUT2D eigenvalue weighted by atomic mass is 9.98. The first kappa shape index (κ1) is 22.9. The lowest BCUT2D eigenvalue weighted by Gasteiger charge is -2.25. The highest BCUT2D eigenvalue weighted by Crippen LogP contribution is 2.38. The SMILES string of the molecule is CCOCCCN1C(=O)c2oc3ccccc3c(=O)c2C1c1ccc(OCc2ccccc2)cc1. The van der Waals surface area contributed by atoms with Crippen LogP contribution in [0.15, 0.2) is 88.1 Å². The van der Waals surface area contributed by atoms with E-state index in [1.807, 2.05) is 61.5 Å². The van der Waals surface area contributed by atoms with E-state index in [1.165, 1.54) is 0 Å². The van der Waals surface area contributed by atoms with Gasteiger partial charge in [0, 0.05) is 19.8 Å². The van der Waals surface area contributed by atoms with Crippen molar-refractivity contribution in [3.05, 3.63) is 112 Å². The fourth-order valence-electron chi connectivity index (χ4n) is 4.51. The van der Waals surface area contributed by atoms with E-state index in [0.29, 0.717) is 49.3 Å². The Kier molecular flexibility index (Phi) is 6.64. The van der Waals surface area contributed by atoms with Crippen LogP contribution in [0.1, 0.15) is 46.6 Å². The zero-order chi connectivity index (χ0) is 24.2. The van der Waals surface area contributed by atoms with Crippen LogP contribution in [0.5, 0.6) is 5.75 Å². The lowest BCUT2D eigenvalue weighted by Crippen LogP contribution is -2.31. The van der Waals surface area contributed by atoms with Gasteiger partial charge in [0.15, 0.2) is 5.43 Å². The van der Waals surface area contributed by atoms with Crippen molar-refractivity contribution in [2.45, 2.75) is 26.0 Å². The third-order valence-electron chi connectivity index (χ3n) is 6.21. The van der Waals surface area contributed by atoms with Crippen LogP contribution in [0.25, 0.3) is 11.0 Å². The Bertz CT molecular complexity index is 1380. The molecule has 0 fully saturated rings. The average molecular weight is 470 g/mol. The maximum Gasteiger partial charge on any atom is 0.290 e. The first-order valence-electron chi connectivity index (χ1n) is 11.9. The Morgan fingerprint density at radius 2 is 1.66 bits per heavy atom. The van der Waals surface area contributed by atoms with Gasteiger partial charge in [0.1, 0.15) is 17.9 Å². The number of carbonyl (C=O) groups excluding carboxylic acids is 1. The van der Waals surface area contributed by atoms with Gasteiger partial charge in [0.25, 0.3) is 5.91 Å². The number of benzene rings is 3. The number of amides is 1. The molecular weight excluding hydrogens is 442 g/mol. The zero-order valence-electron chi connectivity index (χ0n) is 19.6. The summed E-state index contributed by atoms with van der Waals surface area (Å²) in [5.41, 5.74) is 2.56. The molecule has 3 aromatic carbocycles. The summed E-state index contributed by atoms with van der Waals surface area (Å²) in [5.74, 6) is 0.573. The van der Waals surface area contributed by atoms with Crippen LogP contribution in [0.2, 0.25) is 0 Å². The first-order chi connectivity index (χ1) is 17.2. The van der Waals surface area contributed by atoms with Crippen molar-refractivity contribution >= 4 is 16.9 Å². The highest BCUT2D eigenvalue weighted by molar-refractivity contribution is 5.99. The van der Waals surface area contributed by atoms with E-state index in [9.17, 15) is 9.59 Å². The second-order valence-electron chi connectivity index (χ2n) is 8.47. The van der Waals surface area contributed by atoms with Gasteiger partial charge in [-0.2, -0.15) is 0 Å². The number of hydrogen-bond donors (Lipinski definition) is 0. The highest BCUT2D eigenvalue weighted by atomic mass is 16.5. The molecular formula is C29H27NO5. The minimum atomic E-state index is -0.525. The monoisotopic (exact) mass is 469 g/mol. The molecule has 0 bridgehead atoms. The van der Waals surface area contributed by atoms with Crippen LogP contribution in [-0.4, -0.2) is 30.6 Å². The molecule has 5 rings (SSSR count). The molecule has 0 N–H and O–H groups in total. The summed E-state index contributed by atoms with van der Waals surface area (Å²) >= 11 is 0. The molecule has 0 radical (unpaired) electrons. The molecule has 1 aliphatic rings. The number of para-hydroxylation sites is 1. The van der Waals surface area contributed by atoms with Crippen molar-refractivity contribution in [1.29, 1.82) is 0 Å². The van der Waals surface area contributed by atoms with E-state index in [1.54, 1.807) is 29.2 Å². The normalized spacial score (nSPS) is 14.9. The van der Waals surface area contributed by atoms with Gasteiger partial charge in [-0.25, -0.2) is 0 Å². The van der Waals surface area contributed by atoms with Crippen molar-refractivity contribution in [2.24, 2.45) is 0 Å². The number of carbonyl (C=O) groups is 1. The minimum Gasteiger partial charge on any atom is -0.489 e. The Balaban J connectivity index is 1.48. The summed E-state index contributed by atoms with van der Waals surface area (Å²) in [7, 11) is 0. The molecule has 0 saturated heterocycles. The third-order valence-corrected chi connectivity index (χ3v) is 6.21. The van der Waals surface area contributed by atoms with Crippen molar-refractivity contribution in [3.8, 4) is 5.75 Å². The van der Waals surface area contributed by atoms with Crippen LogP contribution in [-0.2, 0) is 11.3 Å². The number of nitrogens with zero attached hydrogens (tertiary/aromatic N) is 1. The van der Waals surface area contributed by atoms with Crippen molar-refractivity contribution < 1.29 is 18.7 Å². The maximum absolute atomic E-state index is 13.5. The second kappa shape index (κ2) is 10.2. The number of fused-ring (bicyclic) bond motifs is 2. The summed E-state index contributed by atoms with van der Waals surface area (Å²) in [6.07, 6.45) is 0.663. The van der Waals surface area contributed by atoms with Crippen molar-refractivity contribution in [2.75, 3.05) is 19.8 Å². The number of hydrogen-bond acceptors (Lipinski definition) is 5. The van der Waals surface area contributed by atoms with Crippen LogP contribution in [0.3, 0.4) is 0 Å². The summed E-state index contributed by atoms with van der Waals surface area (Å²) < 4.78 is 17.4. The molecule has 178 valence electrons. The molecule has 6 heteroatoms. The molecule has 1 amide bonds. The van der Waals surface area contributed by atoms with E-state index in [0.717, 1.165) is 16.9 Å². The van der Waals surface area contributed by atoms with Gasteiger partial charge in [-0.1, -0.05) is 54.6 Å². The third kappa shape index (κ3) is 4.57. The summed E-state index contributed by atoms with van der Waals surface area (Å²) in [4.78, 5) is 28.6. The Morgan fingerprint density at radius 1 is 0.914 bits per heavy atom. The summed E-state index contributed by atoms with van der Waals surface area (Å²) in [6.45, 7) is 4.02. The van der Waals surface area contributed by atoms with Crippen LogP contribution in [0.4, 0.5) is 0 Å². The van der Waals surface area contributed by atoms with E-state index < -0.39 is 6.04 Å². The molecule has 6 nitrogen and oxygen atoms in total. The molecule has 4 aromatic rings. The molecule has 35 heavy (non-hydrogen) atoms. The molecule has 0 aliphatic carbocycles. The largest absolute Gasteiger partial charge is 0.489 e. The second-order valence-corrected chi connectivity index (χ2v) is 8.47. The molecule has 2 heterocycles. The lowest BCUT2D eigenvalue weighted by molar-refractivity contribution is 0.0696. The first-order valence-corrected chi connectivity index (χ1v) is 11.9. The van der Waals surface area contributed by atoms with E-state index in [4.69, 9.17) is 13.9 Å². The van der Waals surface area contributed by atoms with Gasteiger partial charge < -0.3 is 18.8 Å². The Labute approximate surface area is 203 Å². The van der Waals surface area contributed by atoms with Gasteiger partial charge in [-0.05, 0) is 48.7 Å². The van der Waals surface area contributed by atoms with Crippen LogP contribution in [0, 0.1) is 0 Å². The van der Waals surface area contributed by atoms with Gasteiger partial charge >= 0.3 is 0 Å². The Morgan fingerprint density at radius 3 is 2.43 bits per heavy atom. The fourth-order valence-corrected chi connectivity index (χ4v) is 4.51. The smallest absolute Gasteiger partial charge is 0.290 e. The molecule has 1 aliphatic heterocycles. The van der Waals surface area contributed by atoms with E-state index >= 15 is 0 Å². The number of ether oxygens (including phenoxy) is 2. The maximum atomic E-state index is 13.5. The standard InChI is InChI=1S/C29H27NO5/c1-2-33-18-8-17-30-26(21-13-15-22(16-14-21)34-19-20-9-4-3-5-10-20)25-27(31)23-11-6-7-12-24(23)35-28(25)29(30)32/h3-7,9-16,26H,2,8,17-19H2,1H3. The predicted molar refractivity (Wildman–Crippen MR) is 134 cm³/mol. The predicted octanol–water partition coefficient (Wildman–Crippen LogP) is 5.34. The van der Waals surface area contributed by atoms with Gasteiger partial charge in [0.05, 0.1) is 17.0 Å². The van der Waals surface area contributed by atoms with Crippen molar-refractivity contribution in [3.63, 3.8) is 0 Å². The van der Waals surface area contributed by atoms with E-state index in [-0.39, 0.29) is 17.1 Å². The molecule has 0 spiro atoms. The molecule has 1 aromatic heterocycles. The zero-order valence-corrected chi connectivity index (χ0v) is 19.6. The van der Waals surface area contributed by atoms with Gasteiger partial charge in [-0.3, -0.25) is 9.59 Å². The summed E-state index contributed by atoms with van der Waals surface area (Å²) in [6, 6.07) is 24.1. The minimum absolute atomic E-state index is 0.125. The highest BCUT2D eigenvalue weighted by Gasteiger charge is 2.42. The average Bonchev–Trinajstić information content (AvgIpc) is 3.18. The Hall–Kier alpha value is -3.90. The van der Waals surface area contributed by atoms with Gasteiger partial charge in [0.2, 0.25) is 5.76 Å². The molecule has 1 unspecified atom stereocenters. The number of rotatable bonds is 9. The van der Waals surface area contributed by atoms with E-state index in [2.05, 4.69) is 0 Å². The molecule has 1 atom stereocenters. The topological polar surface area (TPSA) is 69.0 Å². The van der Waals surface area contributed by atoms with Crippen LogP contribution >= 0.6 is 0 Å².